The highest BCUT2D eigenvalue weighted by Gasteiger charge is 2.69. The van der Waals surface area contributed by atoms with Gasteiger partial charge in [-0.3, -0.25) is 9.59 Å². The van der Waals surface area contributed by atoms with Gasteiger partial charge in [-0.25, -0.2) is 0 Å². The first kappa shape index (κ1) is 11.0. The topological polar surface area (TPSA) is 43.4 Å². The molecule has 2 atom stereocenters. The van der Waals surface area contributed by atoms with Crippen molar-refractivity contribution >= 4 is 11.9 Å². The molecule has 3 nitrogen and oxygen atoms in total. The molecule has 2 aliphatic carbocycles. The summed E-state index contributed by atoms with van der Waals surface area (Å²) >= 11 is 0. The number of benzene rings is 1. The van der Waals surface area contributed by atoms with Crippen LogP contribution in [-0.4, -0.2) is 11.9 Å². The van der Waals surface area contributed by atoms with E-state index in [1.165, 1.54) is 11.1 Å². The summed E-state index contributed by atoms with van der Waals surface area (Å²) in [6.07, 6.45) is 6.52. The van der Waals surface area contributed by atoms with Gasteiger partial charge in [0.1, 0.15) is 0 Å². The Bertz CT molecular complexity index is 578. The summed E-state index contributed by atoms with van der Waals surface area (Å²) in [7, 11) is 0. The van der Waals surface area contributed by atoms with E-state index >= 15 is 0 Å². The van der Waals surface area contributed by atoms with E-state index in [4.69, 9.17) is 4.74 Å². The van der Waals surface area contributed by atoms with E-state index in [-0.39, 0.29) is 11.9 Å². The maximum absolute atomic E-state index is 12.3. The highest BCUT2D eigenvalue weighted by molar-refractivity contribution is 6.03. The third kappa shape index (κ3) is 1.14. The quantitative estimate of drug-likeness (QED) is 0.405. The van der Waals surface area contributed by atoms with Crippen LogP contribution in [0.4, 0.5) is 0 Å². The van der Waals surface area contributed by atoms with Crippen molar-refractivity contribution in [1.82, 2.24) is 0 Å². The van der Waals surface area contributed by atoms with Crippen LogP contribution < -0.4 is 0 Å². The molecule has 0 bridgehead atoms. The molecular formula is C16H14O3. The number of rotatable bonds is 0. The Morgan fingerprint density at radius 1 is 0.842 bits per heavy atom. The molecule has 19 heavy (non-hydrogen) atoms. The summed E-state index contributed by atoms with van der Waals surface area (Å²) < 4.78 is 5.05. The van der Waals surface area contributed by atoms with Crippen LogP contribution >= 0.6 is 0 Å². The van der Waals surface area contributed by atoms with E-state index in [1.807, 2.05) is 24.3 Å². The van der Waals surface area contributed by atoms with Crippen LogP contribution in [0.2, 0.25) is 0 Å². The third-order valence-electron chi connectivity index (χ3n) is 5.09. The van der Waals surface area contributed by atoms with Crippen molar-refractivity contribution in [3.05, 3.63) is 47.5 Å². The maximum Gasteiger partial charge on any atom is 0.321 e. The summed E-state index contributed by atoms with van der Waals surface area (Å²) in [5.41, 5.74) is 1.04. The molecule has 1 fully saturated rings. The second-order valence-corrected chi connectivity index (χ2v) is 5.84. The molecule has 3 aliphatic rings. The van der Waals surface area contributed by atoms with Gasteiger partial charge in [0.25, 0.3) is 0 Å². The van der Waals surface area contributed by atoms with Crippen LogP contribution in [0.1, 0.15) is 24.0 Å². The largest absolute Gasteiger partial charge is 0.392 e. The third-order valence-corrected chi connectivity index (χ3v) is 5.09. The number of hydrogen-bond donors (Lipinski definition) is 0. The standard InChI is InChI=1S/C16H14O3/c17-13-15-7-3-4-8-16(15,14(18)19-13)10-12-6-2-1-5-11(12)9-15/h1-6H,7-10H2/t15-,16+. The van der Waals surface area contributed by atoms with E-state index < -0.39 is 10.8 Å². The van der Waals surface area contributed by atoms with Gasteiger partial charge in [0.15, 0.2) is 0 Å². The van der Waals surface area contributed by atoms with Crippen LogP contribution in [0.15, 0.2) is 36.4 Å². The van der Waals surface area contributed by atoms with Gasteiger partial charge in [-0.15, -0.1) is 0 Å². The number of esters is 2. The smallest absolute Gasteiger partial charge is 0.321 e. The van der Waals surface area contributed by atoms with Crippen molar-refractivity contribution in [2.75, 3.05) is 0 Å². The molecule has 0 radical (unpaired) electrons. The molecule has 96 valence electrons. The van der Waals surface area contributed by atoms with Gasteiger partial charge in [0.2, 0.25) is 0 Å². The summed E-state index contributed by atoms with van der Waals surface area (Å²) in [5, 5.41) is 0. The van der Waals surface area contributed by atoms with Gasteiger partial charge in [0, 0.05) is 0 Å². The van der Waals surface area contributed by atoms with Gasteiger partial charge < -0.3 is 4.74 Å². The number of carbonyl (C=O) groups is 2. The number of carbonyl (C=O) groups excluding carboxylic acids is 2. The minimum atomic E-state index is -0.660. The van der Waals surface area contributed by atoms with Crippen LogP contribution in [0.25, 0.3) is 0 Å². The minimum Gasteiger partial charge on any atom is -0.392 e. The van der Waals surface area contributed by atoms with E-state index in [1.54, 1.807) is 0 Å². The predicted molar refractivity (Wildman–Crippen MR) is 68.2 cm³/mol. The minimum absolute atomic E-state index is 0.323. The fraction of sp³-hybridized carbons (Fsp3) is 0.375. The van der Waals surface area contributed by atoms with Crippen molar-refractivity contribution in [1.29, 1.82) is 0 Å². The van der Waals surface area contributed by atoms with E-state index in [9.17, 15) is 9.59 Å². The fourth-order valence-electron chi connectivity index (χ4n) is 3.98. The lowest BCUT2D eigenvalue weighted by Gasteiger charge is -2.45. The molecule has 0 saturated carbocycles. The van der Waals surface area contributed by atoms with Gasteiger partial charge in [-0.2, -0.15) is 0 Å². The van der Waals surface area contributed by atoms with Crippen molar-refractivity contribution in [2.24, 2.45) is 10.8 Å². The summed E-state index contributed by atoms with van der Waals surface area (Å²) in [5.74, 6) is -0.646. The van der Waals surface area contributed by atoms with Gasteiger partial charge in [0.05, 0.1) is 10.8 Å². The maximum atomic E-state index is 12.3. The zero-order chi connectivity index (χ0) is 13.1. The molecule has 1 aliphatic heterocycles. The number of fused-ring (bicyclic) bond motifs is 1. The SMILES string of the molecule is O=C1OC(=O)[C@]23CC=CC[C@]12Cc1ccccc1C3. The Balaban J connectivity index is 1.97. The van der Waals surface area contributed by atoms with Gasteiger partial charge >= 0.3 is 11.9 Å². The summed E-state index contributed by atoms with van der Waals surface area (Å²) in [6, 6.07) is 8.09. The first-order valence-corrected chi connectivity index (χ1v) is 6.66. The first-order chi connectivity index (χ1) is 9.18. The number of cyclic esters (lactones) is 2. The van der Waals surface area contributed by atoms with Crippen molar-refractivity contribution in [3.63, 3.8) is 0 Å². The molecule has 1 heterocycles. The first-order valence-electron chi connectivity index (χ1n) is 6.66. The molecule has 0 aromatic heterocycles. The Morgan fingerprint density at radius 3 is 1.79 bits per heavy atom. The molecule has 0 spiro atoms. The van der Waals surface area contributed by atoms with E-state index in [0.29, 0.717) is 25.7 Å². The number of ether oxygens (including phenoxy) is 1. The van der Waals surface area contributed by atoms with E-state index in [0.717, 1.165) is 0 Å². The van der Waals surface area contributed by atoms with Crippen LogP contribution in [0.5, 0.6) is 0 Å². The number of hydrogen-bond acceptors (Lipinski definition) is 3. The molecule has 4 rings (SSSR count). The Hall–Kier alpha value is -1.90. The zero-order valence-corrected chi connectivity index (χ0v) is 10.5. The molecule has 1 aromatic rings. The lowest BCUT2D eigenvalue weighted by atomic mass is 9.52. The van der Waals surface area contributed by atoms with Gasteiger partial charge in [-0.05, 0) is 36.8 Å². The Morgan fingerprint density at radius 2 is 1.32 bits per heavy atom. The number of allylic oxidation sites excluding steroid dienone is 2. The molecule has 3 heteroatoms. The monoisotopic (exact) mass is 254 g/mol. The molecule has 0 amide bonds. The average Bonchev–Trinajstić information content (AvgIpc) is 2.65. The van der Waals surface area contributed by atoms with Gasteiger partial charge in [-0.1, -0.05) is 36.4 Å². The summed E-state index contributed by atoms with van der Waals surface area (Å²) in [6.45, 7) is 0. The van der Waals surface area contributed by atoms with Crippen molar-refractivity contribution < 1.29 is 14.3 Å². The predicted octanol–water partition coefficient (Wildman–Crippen LogP) is 2.19. The highest BCUT2D eigenvalue weighted by atomic mass is 16.6. The molecule has 0 N–H and O–H groups in total. The van der Waals surface area contributed by atoms with Crippen LogP contribution in [0.3, 0.4) is 0 Å². The Labute approximate surface area is 111 Å². The normalized spacial score (nSPS) is 35.4. The molecule has 1 aromatic carbocycles. The van der Waals surface area contributed by atoms with Crippen molar-refractivity contribution in [2.45, 2.75) is 25.7 Å². The lowest BCUT2D eigenvalue weighted by molar-refractivity contribution is -0.155. The zero-order valence-electron chi connectivity index (χ0n) is 10.5. The van der Waals surface area contributed by atoms with Crippen LogP contribution in [-0.2, 0) is 27.2 Å². The second kappa shape index (κ2) is 3.35. The Kier molecular flexibility index (Phi) is 1.93. The lowest BCUT2D eigenvalue weighted by Crippen LogP contribution is -2.51. The average molecular weight is 254 g/mol. The second-order valence-electron chi connectivity index (χ2n) is 5.84. The van der Waals surface area contributed by atoms with Crippen molar-refractivity contribution in [3.8, 4) is 0 Å². The fourth-order valence-corrected chi connectivity index (χ4v) is 3.98. The molecule has 0 unspecified atom stereocenters. The van der Waals surface area contributed by atoms with E-state index in [2.05, 4.69) is 12.1 Å². The van der Waals surface area contributed by atoms with Crippen LogP contribution in [0, 0.1) is 10.8 Å². The highest BCUT2D eigenvalue weighted by Crippen LogP contribution is 2.60. The molecular weight excluding hydrogens is 240 g/mol. The molecule has 1 saturated heterocycles. The summed E-state index contributed by atoms with van der Waals surface area (Å²) in [4.78, 5) is 24.6.